The third-order valence-corrected chi connectivity index (χ3v) is 5.48. The van der Waals surface area contributed by atoms with Crippen molar-refractivity contribution in [1.82, 2.24) is 4.57 Å². The Morgan fingerprint density at radius 2 is 1.70 bits per heavy atom. The first-order chi connectivity index (χ1) is 14.1. The van der Waals surface area contributed by atoms with Crippen molar-refractivity contribution in [2.75, 3.05) is 5.32 Å². The van der Waals surface area contributed by atoms with Crippen molar-refractivity contribution >= 4 is 11.6 Å². The van der Waals surface area contributed by atoms with Gasteiger partial charge in [0.25, 0.3) is 5.91 Å². The number of rotatable bonds is 5. The zero-order valence-electron chi connectivity index (χ0n) is 17.5. The van der Waals surface area contributed by atoms with Crippen molar-refractivity contribution in [1.29, 1.82) is 0 Å². The van der Waals surface area contributed by atoms with E-state index in [9.17, 15) is 18.0 Å². The topological polar surface area (TPSA) is 34.0 Å². The molecule has 0 saturated heterocycles. The number of carbonyl (C=O) groups is 1. The molecule has 30 heavy (non-hydrogen) atoms. The summed E-state index contributed by atoms with van der Waals surface area (Å²) in [6.07, 6.45) is -3.46. The number of carbonyl (C=O) groups excluding carboxylic acids is 1. The van der Waals surface area contributed by atoms with E-state index in [1.807, 2.05) is 24.3 Å². The van der Waals surface area contributed by atoms with E-state index in [-0.39, 0.29) is 11.6 Å². The highest BCUT2D eigenvalue weighted by molar-refractivity contribution is 6.05. The molecule has 1 aromatic heterocycles. The molecular weight excluding hydrogens is 389 g/mol. The van der Waals surface area contributed by atoms with Gasteiger partial charge in [-0.3, -0.25) is 4.79 Å². The number of nitrogens with zero attached hydrogens (tertiary/aromatic N) is 1. The number of amides is 1. The van der Waals surface area contributed by atoms with E-state index in [1.54, 1.807) is 26.0 Å². The molecule has 1 amide bonds. The van der Waals surface area contributed by atoms with Gasteiger partial charge in [-0.1, -0.05) is 38.1 Å². The highest BCUT2D eigenvalue weighted by Crippen LogP contribution is 2.35. The third-order valence-electron chi connectivity index (χ3n) is 5.48. The molecule has 1 N–H and O–H groups in total. The normalized spacial score (nSPS) is 12.6. The molecule has 3 rings (SSSR count). The Morgan fingerprint density at radius 1 is 1.07 bits per heavy atom. The Balaban J connectivity index is 1.92. The van der Waals surface area contributed by atoms with E-state index in [0.717, 1.165) is 12.5 Å². The van der Waals surface area contributed by atoms with E-state index < -0.39 is 11.7 Å². The Hall–Kier alpha value is -3.02. The fraction of sp³-hybridized carbons (Fsp3) is 0.292. The third kappa shape index (κ3) is 4.27. The van der Waals surface area contributed by atoms with E-state index in [0.29, 0.717) is 28.6 Å². The van der Waals surface area contributed by atoms with Gasteiger partial charge in [-0.2, -0.15) is 13.2 Å². The van der Waals surface area contributed by atoms with Gasteiger partial charge in [-0.15, -0.1) is 0 Å². The van der Waals surface area contributed by atoms with E-state index in [1.165, 1.54) is 22.3 Å². The van der Waals surface area contributed by atoms with Crippen molar-refractivity contribution < 1.29 is 18.0 Å². The van der Waals surface area contributed by atoms with Crippen molar-refractivity contribution in [2.45, 2.75) is 46.2 Å². The number of hydrogen-bond acceptors (Lipinski definition) is 1. The molecule has 0 radical (unpaired) electrons. The van der Waals surface area contributed by atoms with Gasteiger partial charge in [-0.25, -0.2) is 0 Å². The maximum Gasteiger partial charge on any atom is 0.418 e. The molecule has 6 heteroatoms. The van der Waals surface area contributed by atoms with Crippen molar-refractivity contribution in [3.8, 4) is 5.69 Å². The lowest BCUT2D eigenvalue weighted by Gasteiger charge is -2.17. The average molecular weight is 414 g/mol. The average Bonchev–Trinajstić information content (AvgIpc) is 3.01. The quantitative estimate of drug-likeness (QED) is 0.485. The first-order valence-corrected chi connectivity index (χ1v) is 9.90. The molecule has 0 aliphatic heterocycles. The summed E-state index contributed by atoms with van der Waals surface area (Å²) < 4.78 is 41.9. The Morgan fingerprint density at radius 3 is 2.30 bits per heavy atom. The van der Waals surface area contributed by atoms with Gasteiger partial charge in [0.1, 0.15) is 0 Å². The van der Waals surface area contributed by atoms with Crippen LogP contribution in [0.2, 0.25) is 0 Å². The Bertz CT molecular complexity index is 1050. The van der Waals surface area contributed by atoms with Crippen molar-refractivity contribution in [3.63, 3.8) is 0 Å². The number of halogens is 3. The van der Waals surface area contributed by atoms with Crippen LogP contribution >= 0.6 is 0 Å². The zero-order chi connectivity index (χ0) is 22.1. The number of hydrogen-bond donors (Lipinski definition) is 1. The molecule has 0 fully saturated rings. The van der Waals surface area contributed by atoms with Crippen LogP contribution in [0.25, 0.3) is 5.69 Å². The maximum atomic E-state index is 13.5. The minimum absolute atomic E-state index is 0.0111. The summed E-state index contributed by atoms with van der Waals surface area (Å²) in [6, 6.07) is 14.6. The number of anilines is 1. The molecular formula is C24H25F3N2O. The van der Waals surface area contributed by atoms with E-state index >= 15 is 0 Å². The van der Waals surface area contributed by atoms with Gasteiger partial charge in [0, 0.05) is 17.1 Å². The Kier molecular flexibility index (Phi) is 6.06. The zero-order valence-corrected chi connectivity index (χ0v) is 17.5. The molecule has 1 atom stereocenters. The van der Waals surface area contributed by atoms with Gasteiger partial charge in [0.2, 0.25) is 0 Å². The summed E-state index contributed by atoms with van der Waals surface area (Å²) in [6.45, 7) is 7.60. The van der Waals surface area contributed by atoms with E-state index in [4.69, 9.17) is 0 Å². The van der Waals surface area contributed by atoms with Crippen LogP contribution in [0, 0.1) is 13.8 Å². The molecule has 3 aromatic rings. The van der Waals surface area contributed by atoms with Crippen molar-refractivity contribution in [2.24, 2.45) is 0 Å². The van der Waals surface area contributed by atoms with E-state index in [2.05, 4.69) is 19.2 Å². The number of aromatic nitrogens is 1. The number of aryl methyl sites for hydroxylation is 1. The minimum Gasteiger partial charge on any atom is -0.322 e. The predicted octanol–water partition coefficient (Wildman–Crippen LogP) is 6.88. The molecule has 0 bridgehead atoms. The van der Waals surface area contributed by atoms with Crippen LogP contribution in [-0.2, 0) is 6.18 Å². The molecule has 1 heterocycles. The molecule has 3 nitrogen and oxygen atoms in total. The summed E-state index contributed by atoms with van der Waals surface area (Å²) in [7, 11) is 0. The lowest BCUT2D eigenvalue weighted by atomic mass is 9.98. The summed E-state index contributed by atoms with van der Waals surface area (Å²) in [4.78, 5) is 12.8. The number of alkyl halides is 3. The van der Waals surface area contributed by atoms with Crippen molar-refractivity contribution in [3.05, 3.63) is 82.7 Å². The van der Waals surface area contributed by atoms with Crippen LogP contribution in [0.5, 0.6) is 0 Å². The lowest BCUT2D eigenvalue weighted by Crippen LogP contribution is -2.15. The van der Waals surface area contributed by atoms with Crippen LogP contribution in [0.15, 0.2) is 54.6 Å². The predicted molar refractivity (Wildman–Crippen MR) is 113 cm³/mol. The molecule has 158 valence electrons. The van der Waals surface area contributed by atoms with Gasteiger partial charge in [-0.05, 0) is 62.1 Å². The first-order valence-electron chi connectivity index (χ1n) is 9.90. The van der Waals surface area contributed by atoms with Gasteiger partial charge >= 0.3 is 6.18 Å². The highest BCUT2D eigenvalue weighted by Gasteiger charge is 2.34. The fourth-order valence-electron chi connectivity index (χ4n) is 3.60. The minimum atomic E-state index is -4.49. The molecule has 1 unspecified atom stereocenters. The smallest absolute Gasteiger partial charge is 0.322 e. The van der Waals surface area contributed by atoms with Crippen LogP contribution in [0.1, 0.15) is 59.1 Å². The largest absolute Gasteiger partial charge is 0.418 e. The van der Waals surface area contributed by atoms with Gasteiger partial charge in [0.15, 0.2) is 0 Å². The van der Waals surface area contributed by atoms with Gasteiger partial charge < -0.3 is 9.88 Å². The maximum absolute atomic E-state index is 13.5. The van der Waals surface area contributed by atoms with Crippen LogP contribution < -0.4 is 5.32 Å². The first kappa shape index (κ1) is 21.7. The Labute approximate surface area is 174 Å². The fourth-order valence-corrected chi connectivity index (χ4v) is 3.60. The molecule has 2 aromatic carbocycles. The monoisotopic (exact) mass is 414 g/mol. The number of para-hydroxylation sites is 1. The summed E-state index contributed by atoms with van der Waals surface area (Å²) in [5.74, 6) is 0.0810. The number of nitrogens with one attached hydrogen (secondary N) is 1. The summed E-state index contributed by atoms with van der Waals surface area (Å²) in [5.41, 5.74) is 2.47. The van der Waals surface area contributed by atoms with Crippen LogP contribution in [-0.4, -0.2) is 10.5 Å². The molecule has 0 spiro atoms. The molecule has 0 aliphatic rings. The second kappa shape index (κ2) is 8.38. The van der Waals surface area contributed by atoms with Crippen LogP contribution in [0.3, 0.4) is 0 Å². The highest BCUT2D eigenvalue weighted by atomic mass is 19.4. The number of benzene rings is 2. The molecule has 0 aliphatic carbocycles. The second-order valence-corrected chi connectivity index (χ2v) is 7.52. The summed E-state index contributed by atoms with van der Waals surface area (Å²) in [5, 5.41) is 2.85. The van der Waals surface area contributed by atoms with Gasteiger partial charge in [0.05, 0.1) is 16.8 Å². The summed E-state index contributed by atoms with van der Waals surface area (Å²) >= 11 is 0. The lowest BCUT2D eigenvalue weighted by molar-refractivity contribution is -0.137. The second-order valence-electron chi connectivity index (χ2n) is 7.52. The van der Waals surface area contributed by atoms with Crippen LogP contribution in [0.4, 0.5) is 18.9 Å². The SMILES string of the molecule is CCC(C)c1ccc(NC(=O)c2cc(C)n(-c3ccccc3C(F)(F)F)c2C)cc1. The standard InChI is InChI=1S/C24H25F3N2O/c1-5-15(2)18-10-12-19(13-11-18)28-23(30)20-14-16(3)29(17(20)4)22-9-7-6-8-21(22)24(25,26)27/h6-15H,5H2,1-4H3,(H,28,30). The molecule has 0 saturated carbocycles.